The predicted octanol–water partition coefficient (Wildman–Crippen LogP) is 3.40. The van der Waals surface area contributed by atoms with E-state index in [1.165, 1.54) is 0 Å². The van der Waals surface area contributed by atoms with E-state index in [0.29, 0.717) is 17.8 Å². The van der Waals surface area contributed by atoms with Gasteiger partial charge in [-0.3, -0.25) is 9.59 Å². The molecule has 0 aliphatic carbocycles. The monoisotopic (exact) mass is 341 g/mol. The van der Waals surface area contributed by atoms with Gasteiger partial charge in [-0.15, -0.1) is 0 Å². The number of nitrogens with one attached hydrogen (secondary N) is 3. The van der Waals surface area contributed by atoms with Crippen molar-refractivity contribution in [1.29, 1.82) is 0 Å². The maximum atomic E-state index is 12.2. The van der Waals surface area contributed by atoms with Gasteiger partial charge in [0.2, 0.25) is 11.8 Å². The lowest BCUT2D eigenvalue weighted by Gasteiger charge is -2.14. The summed E-state index contributed by atoms with van der Waals surface area (Å²) in [5.41, 5.74) is 3.03. The quantitative estimate of drug-likeness (QED) is 0.721. The molecule has 6 nitrogen and oxygen atoms in total. The number of ether oxygens (including phenoxy) is 1. The van der Waals surface area contributed by atoms with Crippen LogP contribution in [0.15, 0.2) is 42.5 Å². The summed E-state index contributed by atoms with van der Waals surface area (Å²) in [4.78, 5) is 23.7. The zero-order chi connectivity index (χ0) is 18.2. The molecule has 0 heterocycles. The Labute approximate surface area is 147 Å². The Hall–Kier alpha value is -3.02. The third kappa shape index (κ3) is 5.24. The first-order chi connectivity index (χ1) is 12.0. The summed E-state index contributed by atoms with van der Waals surface area (Å²) in [6.07, 6.45) is 0.405. The fourth-order valence-corrected chi connectivity index (χ4v) is 2.23. The summed E-state index contributed by atoms with van der Waals surface area (Å²) in [5, 5.41) is 8.74. The van der Waals surface area contributed by atoms with Crippen molar-refractivity contribution in [3.63, 3.8) is 0 Å². The first kappa shape index (κ1) is 18.3. The number of hydrogen-bond donors (Lipinski definition) is 3. The largest absolute Gasteiger partial charge is 0.497 e. The number of carbonyl (C=O) groups is 2. The minimum atomic E-state index is -0.169. The highest BCUT2D eigenvalue weighted by molar-refractivity contribution is 5.97. The van der Waals surface area contributed by atoms with Gasteiger partial charge >= 0.3 is 0 Å². The van der Waals surface area contributed by atoms with Crippen molar-refractivity contribution in [1.82, 2.24) is 0 Å². The number of anilines is 3. The molecular formula is C19H23N3O3. The Bertz CT molecular complexity index is 742. The van der Waals surface area contributed by atoms with E-state index >= 15 is 0 Å². The van der Waals surface area contributed by atoms with Crippen LogP contribution in [0.5, 0.6) is 5.75 Å². The SMILES string of the molecule is CCC(=O)Nc1cccc(NC(=O)CNc2ccc(OC)cc2)c1C. The van der Waals surface area contributed by atoms with E-state index in [4.69, 9.17) is 4.74 Å². The van der Waals surface area contributed by atoms with Crippen molar-refractivity contribution in [3.05, 3.63) is 48.0 Å². The zero-order valence-corrected chi connectivity index (χ0v) is 14.7. The molecule has 6 heteroatoms. The van der Waals surface area contributed by atoms with Crippen LogP contribution in [0.3, 0.4) is 0 Å². The zero-order valence-electron chi connectivity index (χ0n) is 14.7. The summed E-state index contributed by atoms with van der Waals surface area (Å²) >= 11 is 0. The third-order valence-corrected chi connectivity index (χ3v) is 3.75. The van der Waals surface area contributed by atoms with Gasteiger partial charge in [-0.05, 0) is 48.9 Å². The van der Waals surface area contributed by atoms with Crippen LogP contribution in [0.25, 0.3) is 0 Å². The van der Waals surface area contributed by atoms with Gasteiger partial charge in [0.15, 0.2) is 0 Å². The van der Waals surface area contributed by atoms with Gasteiger partial charge in [0.25, 0.3) is 0 Å². The molecule has 2 amide bonds. The lowest BCUT2D eigenvalue weighted by molar-refractivity contribution is -0.116. The minimum absolute atomic E-state index is 0.0623. The van der Waals surface area contributed by atoms with Crippen LogP contribution in [0.2, 0.25) is 0 Å². The Morgan fingerprint density at radius 2 is 1.56 bits per heavy atom. The van der Waals surface area contributed by atoms with Gasteiger partial charge in [-0.25, -0.2) is 0 Å². The molecule has 0 unspecified atom stereocenters. The van der Waals surface area contributed by atoms with Crippen molar-refractivity contribution in [2.45, 2.75) is 20.3 Å². The van der Waals surface area contributed by atoms with Crippen molar-refractivity contribution >= 4 is 28.9 Å². The molecule has 0 aliphatic rings. The average Bonchev–Trinajstić information content (AvgIpc) is 2.63. The molecule has 132 valence electrons. The molecule has 0 bridgehead atoms. The second-order valence-corrected chi connectivity index (χ2v) is 5.51. The highest BCUT2D eigenvalue weighted by atomic mass is 16.5. The molecule has 2 rings (SSSR count). The van der Waals surface area contributed by atoms with Crippen molar-refractivity contribution < 1.29 is 14.3 Å². The Balaban J connectivity index is 1.95. The van der Waals surface area contributed by atoms with Crippen LogP contribution in [-0.2, 0) is 9.59 Å². The molecule has 0 saturated heterocycles. The third-order valence-electron chi connectivity index (χ3n) is 3.75. The van der Waals surface area contributed by atoms with E-state index in [-0.39, 0.29) is 18.4 Å². The van der Waals surface area contributed by atoms with Crippen LogP contribution in [0.1, 0.15) is 18.9 Å². The highest BCUT2D eigenvalue weighted by Gasteiger charge is 2.09. The van der Waals surface area contributed by atoms with Gasteiger partial charge in [0.05, 0.1) is 13.7 Å². The van der Waals surface area contributed by atoms with Crippen LogP contribution in [0.4, 0.5) is 17.1 Å². The maximum absolute atomic E-state index is 12.2. The van der Waals surface area contributed by atoms with E-state index in [9.17, 15) is 9.59 Å². The lowest BCUT2D eigenvalue weighted by atomic mass is 10.1. The molecule has 2 aromatic carbocycles. The van der Waals surface area contributed by atoms with Gasteiger partial charge in [-0.1, -0.05) is 13.0 Å². The number of benzene rings is 2. The molecule has 0 aromatic heterocycles. The summed E-state index contributed by atoms with van der Waals surface area (Å²) in [7, 11) is 1.61. The predicted molar refractivity (Wildman–Crippen MR) is 100 cm³/mol. The van der Waals surface area contributed by atoms with E-state index in [1.54, 1.807) is 20.1 Å². The first-order valence-corrected chi connectivity index (χ1v) is 8.10. The van der Waals surface area contributed by atoms with E-state index < -0.39 is 0 Å². The van der Waals surface area contributed by atoms with Crippen molar-refractivity contribution in [3.8, 4) is 5.75 Å². The van der Waals surface area contributed by atoms with Gasteiger partial charge in [-0.2, -0.15) is 0 Å². The molecular weight excluding hydrogens is 318 g/mol. The number of carbonyl (C=O) groups excluding carboxylic acids is 2. The van der Waals surface area contributed by atoms with Gasteiger partial charge in [0.1, 0.15) is 5.75 Å². The molecule has 2 aromatic rings. The minimum Gasteiger partial charge on any atom is -0.497 e. The van der Waals surface area contributed by atoms with E-state index in [1.807, 2.05) is 43.3 Å². The Morgan fingerprint density at radius 3 is 2.12 bits per heavy atom. The fraction of sp³-hybridized carbons (Fsp3) is 0.263. The average molecular weight is 341 g/mol. The normalized spacial score (nSPS) is 10.0. The summed E-state index contributed by atoms with van der Waals surface area (Å²) in [6, 6.07) is 12.8. The Kier molecular flexibility index (Phi) is 6.39. The second-order valence-electron chi connectivity index (χ2n) is 5.51. The van der Waals surface area contributed by atoms with E-state index in [0.717, 1.165) is 17.0 Å². The van der Waals surface area contributed by atoms with Crippen LogP contribution >= 0.6 is 0 Å². The Morgan fingerprint density at radius 1 is 0.960 bits per heavy atom. The summed E-state index contributed by atoms with van der Waals surface area (Å²) < 4.78 is 5.10. The van der Waals surface area contributed by atoms with Crippen LogP contribution < -0.4 is 20.7 Å². The standard InChI is InChI=1S/C19H23N3O3/c1-4-18(23)21-16-6-5-7-17(13(16)2)22-19(24)12-20-14-8-10-15(25-3)11-9-14/h5-11,20H,4,12H2,1-3H3,(H,21,23)(H,22,24). The molecule has 0 aliphatic heterocycles. The van der Waals surface area contributed by atoms with Gasteiger partial charge < -0.3 is 20.7 Å². The summed E-state index contributed by atoms with van der Waals surface area (Å²) in [6.45, 7) is 3.79. The summed E-state index contributed by atoms with van der Waals surface area (Å²) in [5.74, 6) is 0.530. The highest BCUT2D eigenvalue weighted by Crippen LogP contribution is 2.23. The van der Waals surface area contributed by atoms with Crippen LogP contribution in [0, 0.1) is 6.92 Å². The number of rotatable bonds is 7. The first-order valence-electron chi connectivity index (χ1n) is 8.10. The smallest absolute Gasteiger partial charge is 0.243 e. The molecule has 0 radical (unpaired) electrons. The van der Waals surface area contributed by atoms with Crippen LogP contribution in [-0.4, -0.2) is 25.5 Å². The molecule has 3 N–H and O–H groups in total. The van der Waals surface area contributed by atoms with Crippen molar-refractivity contribution in [2.75, 3.05) is 29.6 Å². The maximum Gasteiger partial charge on any atom is 0.243 e. The molecule has 0 saturated carbocycles. The fourth-order valence-electron chi connectivity index (χ4n) is 2.23. The van der Waals surface area contributed by atoms with E-state index in [2.05, 4.69) is 16.0 Å². The molecule has 0 fully saturated rings. The number of amides is 2. The molecule has 0 atom stereocenters. The molecule has 0 spiro atoms. The van der Waals surface area contributed by atoms with Gasteiger partial charge in [0, 0.05) is 23.5 Å². The number of hydrogen-bond acceptors (Lipinski definition) is 4. The number of methoxy groups -OCH3 is 1. The lowest BCUT2D eigenvalue weighted by Crippen LogP contribution is -2.22. The second kappa shape index (κ2) is 8.73. The molecule has 25 heavy (non-hydrogen) atoms. The van der Waals surface area contributed by atoms with Crippen molar-refractivity contribution in [2.24, 2.45) is 0 Å². The topological polar surface area (TPSA) is 79.5 Å².